The molecule has 0 aliphatic rings. The highest BCUT2D eigenvalue weighted by Crippen LogP contribution is 2.14. The lowest BCUT2D eigenvalue weighted by Gasteiger charge is -2.17. The van der Waals surface area contributed by atoms with Gasteiger partial charge in [-0.25, -0.2) is 14.4 Å². The molecule has 1 aromatic carbocycles. The summed E-state index contributed by atoms with van der Waals surface area (Å²) in [6.07, 6.45) is 5.38. The minimum Gasteiger partial charge on any atom is -0.494 e. The molecule has 0 aliphatic heterocycles. The number of aliphatic carboxylic acids is 2. The van der Waals surface area contributed by atoms with Crippen LogP contribution in [0.15, 0.2) is 24.3 Å². The van der Waals surface area contributed by atoms with Gasteiger partial charge in [0.1, 0.15) is 30.7 Å². The Labute approximate surface area is 343 Å². The molecule has 0 heterocycles. The average molecular weight is 841 g/mol. The van der Waals surface area contributed by atoms with Gasteiger partial charge in [-0.05, 0) is 49.9 Å². The largest absolute Gasteiger partial charge is 0.494 e. The first-order chi connectivity index (χ1) is 28.5. The molecule has 0 aromatic heterocycles. The van der Waals surface area contributed by atoms with Crippen LogP contribution in [0, 0.1) is 0 Å². The average Bonchev–Trinajstić information content (AvgIpc) is 3.21. The van der Waals surface area contributed by atoms with Crippen LogP contribution >= 0.6 is 0 Å². The fourth-order valence-corrected chi connectivity index (χ4v) is 5.21. The lowest BCUT2D eigenvalue weighted by Crippen LogP contribution is -2.44. The predicted molar refractivity (Wildman–Crippen MR) is 209 cm³/mol. The maximum atomic E-state index is 12.5. The van der Waals surface area contributed by atoms with Crippen LogP contribution in [0.25, 0.3) is 0 Å². The van der Waals surface area contributed by atoms with Crippen molar-refractivity contribution in [2.75, 3.05) is 65.9 Å². The molecule has 1 aromatic rings. The van der Waals surface area contributed by atoms with Gasteiger partial charge in [0.25, 0.3) is 0 Å². The number of rotatable bonds is 39. The summed E-state index contributed by atoms with van der Waals surface area (Å²) < 4.78 is 26.5. The van der Waals surface area contributed by atoms with E-state index in [4.69, 9.17) is 28.8 Å². The molecule has 3 atom stereocenters. The van der Waals surface area contributed by atoms with Gasteiger partial charge in [-0.2, -0.15) is 0 Å². The van der Waals surface area contributed by atoms with E-state index in [0.29, 0.717) is 51.1 Å². The van der Waals surface area contributed by atoms with E-state index in [0.717, 1.165) is 38.5 Å². The maximum absolute atomic E-state index is 12.5. The van der Waals surface area contributed by atoms with Gasteiger partial charge in [-0.15, -0.1) is 0 Å². The molecule has 0 saturated heterocycles. The number of carboxylic acids is 3. The number of carboxylic acid groups (broad SMARTS) is 3. The number of carbonyl (C=O) groups is 8. The summed E-state index contributed by atoms with van der Waals surface area (Å²) in [6, 6.07) is 3.49. The Balaban J connectivity index is 2.16. The molecular weight excluding hydrogens is 780 g/mol. The number of benzene rings is 1. The third kappa shape index (κ3) is 28.1. The predicted octanol–water partition coefficient (Wildman–Crippen LogP) is 1.08. The Hall–Kier alpha value is -5.02. The minimum absolute atomic E-state index is 0.00206. The second kappa shape index (κ2) is 33.9. The zero-order chi connectivity index (χ0) is 43.5. The summed E-state index contributed by atoms with van der Waals surface area (Å²) in [6.45, 7) is 2.17. The summed E-state index contributed by atoms with van der Waals surface area (Å²) in [4.78, 5) is 92.7. The summed E-state index contributed by atoms with van der Waals surface area (Å²) in [5.41, 5.74) is 0.197. The van der Waals surface area contributed by atoms with Crippen molar-refractivity contribution in [1.29, 1.82) is 0 Å². The topological polar surface area (TPSA) is 292 Å². The molecule has 20 nitrogen and oxygen atoms in total. The second-order valence-corrected chi connectivity index (χ2v) is 13.1. The van der Waals surface area contributed by atoms with Gasteiger partial charge in [0.2, 0.25) is 17.7 Å². The van der Waals surface area contributed by atoms with E-state index in [-0.39, 0.29) is 77.2 Å². The molecule has 7 N–H and O–H groups in total. The van der Waals surface area contributed by atoms with Crippen LogP contribution in [0.1, 0.15) is 87.4 Å². The van der Waals surface area contributed by atoms with Crippen LogP contribution in [0.4, 0.5) is 0 Å². The summed E-state index contributed by atoms with van der Waals surface area (Å²) in [5, 5.41) is 38.1. The number of unbranched alkanes of at least 4 members (excludes halogenated alkanes) is 6. The highest BCUT2D eigenvalue weighted by Gasteiger charge is 2.24. The molecule has 0 spiro atoms. The first-order valence-electron chi connectivity index (χ1n) is 19.7. The standard InChI is InChI=1S/C39H60N4O16/c44-19-23-57-25-24-55-22-18-41-36(28-45)59-27-26-56-21-17-40-33(46)15-13-31(38(51)52)43-35(48)16-14-32(39(53)54)42-34(47)8-6-4-2-1-3-5-7-20-58-30-11-9-29(10-12-30)37(49)50/h9-12,19,28,31-32,36,41H,1-8,13-18,20-27H2,(H,40,46)(H,42,47)(H,43,48)(H,49,50)(H,51,52)(H,53,54)/t31-,32-,36?/m0/s1. The number of ether oxygens (including phenoxy) is 5. The molecule has 0 saturated carbocycles. The first-order valence-corrected chi connectivity index (χ1v) is 19.7. The number of hydrogen-bond acceptors (Lipinski definition) is 14. The molecule has 20 heteroatoms. The van der Waals surface area contributed by atoms with Crippen molar-refractivity contribution in [3.8, 4) is 5.75 Å². The van der Waals surface area contributed by atoms with E-state index in [1.54, 1.807) is 12.1 Å². The third-order valence-electron chi connectivity index (χ3n) is 8.37. The molecule has 59 heavy (non-hydrogen) atoms. The third-order valence-corrected chi connectivity index (χ3v) is 8.37. The zero-order valence-electron chi connectivity index (χ0n) is 33.4. The smallest absolute Gasteiger partial charge is 0.335 e. The Kier molecular flexibility index (Phi) is 29.9. The van der Waals surface area contributed by atoms with Crippen LogP contribution in [-0.4, -0.2) is 148 Å². The Morgan fingerprint density at radius 3 is 1.73 bits per heavy atom. The molecule has 1 unspecified atom stereocenters. The van der Waals surface area contributed by atoms with E-state index in [2.05, 4.69) is 21.3 Å². The van der Waals surface area contributed by atoms with Crippen molar-refractivity contribution in [1.82, 2.24) is 21.3 Å². The molecule has 0 bridgehead atoms. The fourth-order valence-electron chi connectivity index (χ4n) is 5.21. The second-order valence-electron chi connectivity index (χ2n) is 13.1. The van der Waals surface area contributed by atoms with Crippen molar-refractivity contribution in [2.45, 2.75) is 95.4 Å². The summed E-state index contributed by atoms with van der Waals surface area (Å²) >= 11 is 0. The van der Waals surface area contributed by atoms with E-state index in [1.165, 1.54) is 12.1 Å². The highest BCUT2D eigenvalue weighted by atomic mass is 16.5. The fraction of sp³-hybridized carbons (Fsp3) is 0.641. The number of aldehydes is 2. The van der Waals surface area contributed by atoms with Gasteiger partial charge in [0, 0.05) is 32.4 Å². The Morgan fingerprint density at radius 1 is 0.593 bits per heavy atom. The van der Waals surface area contributed by atoms with Gasteiger partial charge in [0.15, 0.2) is 12.5 Å². The zero-order valence-corrected chi connectivity index (χ0v) is 33.4. The van der Waals surface area contributed by atoms with Gasteiger partial charge in [-0.3, -0.25) is 24.5 Å². The lowest BCUT2D eigenvalue weighted by molar-refractivity contribution is -0.143. The molecular formula is C39H60N4O16. The van der Waals surface area contributed by atoms with Gasteiger partial charge in [-0.1, -0.05) is 32.1 Å². The summed E-state index contributed by atoms with van der Waals surface area (Å²) in [5.74, 6) is -4.77. The molecule has 332 valence electrons. The molecule has 0 fully saturated rings. The van der Waals surface area contributed by atoms with E-state index >= 15 is 0 Å². The molecule has 0 radical (unpaired) electrons. The molecule has 0 aliphatic carbocycles. The number of amides is 3. The minimum atomic E-state index is -1.40. The Bertz CT molecular complexity index is 1400. The lowest BCUT2D eigenvalue weighted by atomic mass is 10.1. The van der Waals surface area contributed by atoms with Crippen molar-refractivity contribution in [3.63, 3.8) is 0 Å². The van der Waals surface area contributed by atoms with E-state index < -0.39 is 53.9 Å². The van der Waals surface area contributed by atoms with Crippen LogP contribution < -0.4 is 26.0 Å². The van der Waals surface area contributed by atoms with E-state index in [9.17, 15) is 48.6 Å². The normalized spacial score (nSPS) is 12.4. The van der Waals surface area contributed by atoms with Gasteiger partial charge >= 0.3 is 17.9 Å². The van der Waals surface area contributed by atoms with Crippen molar-refractivity contribution < 1.29 is 77.4 Å². The first kappa shape index (κ1) is 52.0. The number of aromatic carboxylic acids is 1. The van der Waals surface area contributed by atoms with Gasteiger partial charge < -0.3 is 59.7 Å². The monoisotopic (exact) mass is 840 g/mol. The summed E-state index contributed by atoms with van der Waals surface area (Å²) in [7, 11) is 0. The van der Waals surface area contributed by atoms with Crippen molar-refractivity contribution >= 4 is 48.2 Å². The molecule has 1 rings (SSSR count). The quantitative estimate of drug-likeness (QED) is 0.0277. The van der Waals surface area contributed by atoms with Gasteiger partial charge in [0.05, 0.1) is 51.8 Å². The maximum Gasteiger partial charge on any atom is 0.335 e. The molecule has 3 amide bonds. The van der Waals surface area contributed by atoms with Crippen molar-refractivity contribution in [3.05, 3.63) is 29.8 Å². The number of hydrogen-bond donors (Lipinski definition) is 7. The number of carbonyl (C=O) groups excluding carboxylic acids is 5. The SMILES string of the molecule is O=CCOCCOCCNC(C=O)OCCOCCNC(=O)CC[C@H](NC(=O)CC[C@H](NC(=O)CCCCCCCCCOc1ccc(C(=O)O)cc1)C(=O)O)C(=O)O. The van der Waals surface area contributed by atoms with E-state index in [1.807, 2.05) is 0 Å². The van der Waals surface area contributed by atoms with Crippen LogP contribution in [-0.2, 0) is 52.5 Å². The van der Waals surface area contributed by atoms with Crippen LogP contribution in [0.3, 0.4) is 0 Å². The number of nitrogens with one attached hydrogen (secondary N) is 4. The highest BCUT2D eigenvalue weighted by molar-refractivity contribution is 5.88. The van der Waals surface area contributed by atoms with Crippen molar-refractivity contribution in [2.24, 2.45) is 0 Å². The van der Waals surface area contributed by atoms with Crippen LogP contribution in [0.5, 0.6) is 5.75 Å². The Morgan fingerprint density at radius 2 is 1.14 bits per heavy atom. The van der Waals surface area contributed by atoms with Crippen LogP contribution in [0.2, 0.25) is 0 Å².